The number of ether oxygens (including phenoxy) is 1. The van der Waals surface area contributed by atoms with E-state index in [-0.39, 0.29) is 5.91 Å². The van der Waals surface area contributed by atoms with E-state index in [1.807, 2.05) is 18.2 Å². The first-order chi connectivity index (χ1) is 12.7. The number of amides is 1. The maximum Gasteiger partial charge on any atom is 0.261 e. The molecule has 0 saturated carbocycles. The third-order valence-corrected chi connectivity index (χ3v) is 3.71. The fraction of sp³-hybridized carbons (Fsp3) is 0.158. The van der Waals surface area contributed by atoms with Crippen LogP contribution in [0.4, 0.5) is 0 Å². The fourth-order valence-corrected chi connectivity index (χ4v) is 2.30. The lowest BCUT2D eigenvalue weighted by atomic mass is 10.2. The van der Waals surface area contributed by atoms with Gasteiger partial charge >= 0.3 is 0 Å². The molecule has 0 aliphatic rings. The van der Waals surface area contributed by atoms with Crippen LogP contribution in [0.5, 0.6) is 5.75 Å². The molecular formula is C19H17N5O2. The van der Waals surface area contributed by atoms with Crippen LogP contribution >= 0.6 is 0 Å². The molecule has 0 unspecified atom stereocenters. The van der Waals surface area contributed by atoms with Crippen molar-refractivity contribution in [3.63, 3.8) is 0 Å². The minimum Gasteiger partial charge on any atom is -0.481 e. The molecule has 0 bridgehead atoms. The highest BCUT2D eigenvalue weighted by Gasteiger charge is 2.14. The van der Waals surface area contributed by atoms with Crippen LogP contribution < -0.4 is 10.1 Å². The van der Waals surface area contributed by atoms with Gasteiger partial charge in [0.1, 0.15) is 17.9 Å². The molecule has 0 aliphatic heterocycles. The van der Waals surface area contributed by atoms with Gasteiger partial charge in [-0.2, -0.15) is 5.26 Å². The Bertz CT molecular complexity index is 914. The number of nitrogens with one attached hydrogen (secondary N) is 1. The van der Waals surface area contributed by atoms with E-state index in [1.54, 1.807) is 60.7 Å². The Morgan fingerprint density at radius 2 is 2.12 bits per heavy atom. The topological polar surface area (TPSA) is 92.8 Å². The predicted molar refractivity (Wildman–Crippen MR) is 94.5 cm³/mol. The van der Waals surface area contributed by atoms with E-state index < -0.39 is 6.10 Å². The number of pyridine rings is 1. The molecule has 3 aromatic rings. The van der Waals surface area contributed by atoms with E-state index in [4.69, 9.17) is 10.00 Å². The van der Waals surface area contributed by atoms with Crippen molar-refractivity contribution in [3.05, 3.63) is 72.4 Å². The first kappa shape index (κ1) is 17.2. The van der Waals surface area contributed by atoms with Crippen LogP contribution in [0.2, 0.25) is 0 Å². The van der Waals surface area contributed by atoms with Crippen molar-refractivity contribution >= 4 is 5.91 Å². The predicted octanol–water partition coefficient (Wildman–Crippen LogP) is 2.22. The lowest BCUT2D eigenvalue weighted by molar-refractivity contribution is -0.127. The van der Waals surface area contributed by atoms with Crippen molar-refractivity contribution in [1.82, 2.24) is 19.9 Å². The molecule has 26 heavy (non-hydrogen) atoms. The summed E-state index contributed by atoms with van der Waals surface area (Å²) >= 11 is 0. The summed E-state index contributed by atoms with van der Waals surface area (Å²) in [5, 5.41) is 11.6. The number of hydrogen-bond donors (Lipinski definition) is 1. The first-order valence-electron chi connectivity index (χ1n) is 8.03. The van der Waals surface area contributed by atoms with Crippen molar-refractivity contribution in [1.29, 1.82) is 5.26 Å². The molecule has 7 nitrogen and oxygen atoms in total. The van der Waals surface area contributed by atoms with E-state index in [0.717, 1.165) is 11.4 Å². The highest BCUT2D eigenvalue weighted by molar-refractivity contribution is 5.80. The zero-order valence-electron chi connectivity index (χ0n) is 14.2. The van der Waals surface area contributed by atoms with Crippen LogP contribution in [-0.4, -0.2) is 26.5 Å². The molecule has 7 heteroatoms. The third kappa shape index (κ3) is 4.24. The Morgan fingerprint density at radius 1 is 1.31 bits per heavy atom. The Hall–Kier alpha value is -3.66. The van der Waals surface area contributed by atoms with Crippen molar-refractivity contribution in [2.24, 2.45) is 0 Å². The van der Waals surface area contributed by atoms with Crippen LogP contribution in [0.1, 0.15) is 18.1 Å². The smallest absolute Gasteiger partial charge is 0.261 e. The van der Waals surface area contributed by atoms with E-state index in [2.05, 4.69) is 15.3 Å². The normalized spacial score (nSPS) is 11.4. The summed E-state index contributed by atoms with van der Waals surface area (Å²) < 4.78 is 7.39. The number of nitrogens with zero attached hydrogens (tertiary/aromatic N) is 4. The first-order valence-corrected chi connectivity index (χ1v) is 8.03. The number of aromatic nitrogens is 3. The number of carbonyl (C=O) groups is 1. The molecule has 1 aromatic carbocycles. The Balaban J connectivity index is 1.56. The molecule has 3 rings (SSSR count). The van der Waals surface area contributed by atoms with Crippen molar-refractivity contribution in [3.8, 4) is 17.6 Å². The molecule has 1 atom stereocenters. The monoisotopic (exact) mass is 347 g/mol. The van der Waals surface area contributed by atoms with Crippen LogP contribution in [0.3, 0.4) is 0 Å². The van der Waals surface area contributed by atoms with Gasteiger partial charge in [-0.1, -0.05) is 0 Å². The summed E-state index contributed by atoms with van der Waals surface area (Å²) in [6.07, 6.45) is 6.18. The summed E-state index contributed by atoms with van der Waals surface area (Å²) in [6.45, 7) is 2.04. The van der Waals surface area contributed by atoms with Crippen molar-refractivity contribution in [2.75, 3.05) is 0 Å². The maximum atomic E-state index is 12.2. The van der Waals surface area contributed by atoms with E-state index in [0.29, 0.717) is 17.9 Å². The Kier molecular flexibility index (Phi) is 5.25. The number of imidazole rings is 1. The van der Waals surface area contributed by atoms with Crippen molar-refractivity contribution < 1.29 is 9.53 Å². The highest BCUT2D eigenvalue weighted by atomic mass is 16.5. The number of carbonyl (C=O) groups excluding carboxylic acids is 1. The van der Waals surface area contributed by atoms with Crippen LogP contribution in [-0.2, 0) is 11.3 Å². The van der Waals surface area contributed by atoms with Gasteiger partial charge in [-0.15, -0.1) is 0 Å². The minimum atomic E-state index is -0.655. The number of hydrogen-bond acceptors (Lipinski definition) is 5. The van der Waals surface area contributed by atoms with Crippen LogP contribution in [0.15, 0.2) is 61.3 Å². The Labute approximate surface area is 150 Å². The molecule has 2 aromatic heterocycles. The lowest BCUT2D eigenvalue weighted by Gasteiger charge is -2.15. The zero-order chi connectivity index (χ0) is 18.4. The van der Waals surface area contributed by atoms with E-state index in [9.17, 15) is 4.79 Å². The molecule has 1 N–H and O–H groups in total. The molecule has 0 radical (unpaired) electrons. The summed E-state index contributed by atoms with van der Waals surface area (Å²) in [5.41, 5.74) is 1.46. The zero-order valence-corrected chi connectivity index (χ0v) is 14.2. The number of benzene rings is 1. The van der Waals surface area contributed by atoms with Gasteiger partial charge < -0.3 is 10.1 Å². The average molecular weight is 347 g/mol. The van der Waals surface area contributed by atoms with Gasteiger partial charge in [-0.05, 0) is 48.9 Å². The van der Waals surface area contributed by atoms with E-state index in [1.165, 1.54) is 0 Å². The molecule has 0 aliphatic carbocycles. The molecule has 2 heterocycles. The second-order valence-electron chi connectivity index (χ2n) is 5.61. The van der Waals surface area contributed by atoms with Gasteiger partial charge in [-0.3, -0.25) is 9.36 Å². The van der Waals surface area contributed by atoms with Crippen molar-refractivity contribution in [2.45, 2.75) is 19.6 Å². The van der Waals surface area contributed by atoms with Gasteiger partial charge in [0.25, 0.3) is 5.91 Å². The van der Waals surface area contributed by atoms with Gasteiger partial charge in [0.05, 0.1) is 11.6 Å². The molecule has 0 spiro atoms. The molecule has 0 saturated heterocycles. The summed E-state index contributed by atoms with van der Waals surface area (Å²) in [7, 11) is 0. The van der Waals surface area contributed by atoms with Crippen LogP contribution in [0, 0.1) is 11.3 Å². The van der Waals surface area contributed by atoms with Gasteiger partial charge in [0.15, 0.2) is 6.10 Å². The summed E-state index contributed by atoms with van der Waals surface area (Å²) in [5.74, 6) is 1.05. The number of rotatable bonds is 6. The number of nitriles is 1. The summed E-state index contributed by atoms with van der Waals surface area (Å²) in [6, 6.07) is 12.4. The average Bonchev–Trinajstić information content (AvgIpc) is 3.22. The Morgan fingerprint density at radius 3 is 2.81 bits per heavy atom. The largest absolute Gasteiger partial charge is 0.481 e. The highest BCUT2D eigenvalue weighted by Crippen LogP contribution is 2.13. The van der Waals surface area contributed by atoms with Gasteiger partial charge in [0, 0.05) is 25.1 Å². The van der Waals surface area contributed by atoms with Gasteiger partial charge in [0.2, 0.25) is 0 Å². The maximum absolute atomic E-state index is 12.2. The third-order valence-electron chi connectivity index (χ3n) is 3.71. The minimum absolute atomic E-state index is 0.227. The molecule has 1 amide bonds. The van der Waals surface area contributed by atoms with Crippen LogP contribution in [0.25, 0.3) is 5.82 Å². The second kappa shape index (κ2) is 7.94. The fourth-order valence-electron chi connectivity index (χ4n) is 2.30. The SMILES string of the molecule is C[C@@H](Oc1ccc(C#N)cc1)C(=O)NCc1ccnc(-n2ccnc2)c1. The molecule has 0 fully saturated rings. The molecular weight excluding hydrogens is 330 g/mol. The standard InChI is InChI=1S/C19H17N5O2/c1-14(26-17-4-2-15(11-20)3-5-17)19(25)23-12-16-6-7-22-18(10-16)24-9-8-21-13-24/h2-10,13-14H,12H2,1H3,(H,23,25)/t14-/m1/s1. The lowest BCUT2D eigenvalue weighted by Crippen LogP contribution is -2.35. The van der Waals surface area contributed by atoms with Gasteiger partial charge in [-0.25, -0.2) is 9.97 Å². The summed E-state index contributed by atoms with van der Waals surface area (Å²) in [4.78, 5) is 20.5. The molecule has 130 valence electrons. The quantitative estimate of drug-likeness (QED) is 0.738. The van der Waals surface area contributed by atoms with E-state index >= 15 is 0 Å². The second-order valence-corrected chi connectivity index (χ2v) is 5.61.